The number of hydrogen-bond acceptors (Lipinski definition) is 0. The zero-order chi connectivity index (χ0) is 19.0. The van der Waals surface area contributed by atoms with E-state index in [2.05, 4.69) is 105 Å². The first kappa shape index (κ1) is 20.5. The molecule has 0 amide bonds. The van der Waals surface area contributed by atoms with Crippen LogP contribution in [0.1, 0.15) is 79.0 Å². The molecule has 0 aliphatic carbocycles. The summed E-state index contributed by atoms with van der Waals surface area (Å²) >= 11 is -0.196. The van der Waals surface area contributed by atoms with Crippen LogP contribution in [0.3, 0.4) is 0 Å². The van der Waals surface area contributed by atoms with Gasteiger partial charge >= 0.3 is 166 Å². The first-order chi connectivity index (χ1) is 11.3. The quantitative estimate of drug-likeness (QED) is 0.614. The molecule has 0 aliphatic rings. The van der Waals surface area contributed by atoms with Gasteiger partial charge in [0, 0.05) is 0 Å². The van der Waals surface area contributed by atoms with Crippen molar-refractivity contribution in [2.24, 2.45) is 0 Å². The van der Waals surface area contributed by atoms with Gasteiger partial charge in [0.25, 0.3) is 0 Å². The van der Waals surface area contributed by atoms with Gasteiger partial charge in [0.1, 0.15) is 0 Å². The molecule has 0 radical (unpaired) electrons. The van der Waals surface area contributed by atoms with Crippen LogP contribution in [0.25, 0.3) is 0 Å². The summed E-state index contributed by atoms with van der Waals surface area (Å²) in [6, 6.07) is 16.0. The standard InChI is InChI=1S/C24H34I/c1-22(2,3)17-15-19(23(4,5)6)21(20(16-17)24(7,8)9)25-18-13-11-10-12-14-18/h10-16H,1-9H3/q-1. The van der Waals surface area contributed by atoms with E-state index >= 15 is 0 Å². The molecule has 25 heavy (non-hydrogen) atoms. The zero-order valence-corrected chi connectivity index (χ0v) is 19.6. The molecule has 0 fully saturated rings. The zero-order valence-electron chi connectivity index (χ0n) is 17.4. The first-order valence-corrected chi connectivity index (χ1v) is 11.4. The molecule has 2 rings (SSSR count). The fourth-order valence-electron chi connectivity index (χ4n) is 2.84. The van der Waals surface area contributed by atoms with E-state index in [1.165, 1.54) is 9.13 Å². The van der Waals surface area contributed by atoms with Gasteiger partial charge in [-0.3, -0.25) is 0 Å². The van der Waals surface area contributed by atoms with Crippen molar-refractivity contribution in [3.05, 3.63) is 66.3 Å². The number of halogens is 1. The molecule has 0 saturated carbocycles. The van der Waals surface area contributed by atoms with Gasteiger partial charge in [-0.2, -0.15) is 0 Å². The van der Waals surface area contributed by atoms with E-state index in [1.807, 2.05) is 0 Å². The predicted octanol–water partition coefficient (Wildman–Crippen LogP) is 3.71. The first-order valence-electron chi connectivity index (χ1n) is 9.19. The molecule has 0 spiro atoms. The van der Waals surface area contributed by atoms with Gasteiger partial charge in [-0.05, 0) is 0 Å². The molecule has 0 N–H and O–H groups in total. The maximum absolute atomic E-state index is 2.49. The summed E-state index contributed by atoms with van der Waals surface area (Å²) in [6.07, 6.45) is 0. The van der Waals surface area contributed by atoms with Gasteiger partial charge in [-0.1, -0.05) is 0 Å². The Morgan fingerprint density at radius 2 is 1.04 bits per heavy atom. The van der Waals surface area contributed by atoms with Crippen LogP contribution in [0.15, 0.2) is 42.5 Å². The van der Waals surface area contributed by atoms with Gasteiger partial charge in [0.05, 0.1) is 0 Å². The van der Waals surface area contributed by atoms with E-state index in [0.29, 0.717) is 0 Å². The van der Waals surface area contributed by atoms with Crippen molar-refractivity contribution in [1.82, 2.24) is 0 Å². The van der Waals surface area contributed by atoms with Crippen LogP contribution in [0.4, 0.5) is 0 Å². The third-order valence-corrected chi connectivity index (χ3v) is 7.53. The van der Waals surface area contributed by atoms with Crippen LogP contribution < -0.4 is 21.2 Å². The van der Waals surface area contributed by atoms with Crippen molar-refractivity contribution in [3.63, 3.8) is 0 Å². The second-order valence-corrected chi connectivity index (χ2v) is 12.9. The molecule has 0 unspecified atom stereocenters. The molecule has 138 valence electrons. The third-order valence-electron chi connectivity index (χ3n) is 4.49. The topological polar surface area (TPSA) is 0 Å². The Labute approximate surface area is 165 Å². The molecule has 1 heteroatoms. The molecular weight excluding hydrogens is 415 g/mol. The van der Waals surface area contributed by atoms with Gasteiger partial charge in [0.2, 0.25) is 0 Å². The number of benzene rings is 2. The van der Waals surface area contributed by atoms with Crippen molar-refractivity contribution in [1.29, 1.82) is 0 Å². The molecule has 2 aromatic carbocycles. The Morgan fingerprint density at radius 1 is 0.600 bits per heavy atom. The van der Waals surface area contributed by atoms with Crippen LogP contribution in [0.5, 0.6) is 0 Å². The van der Waals surface area contributed by atoms with E-state index < -0.39 is 0 Å². The van der Waals surface area contributed by atoms with Crippen LogP contribution in [-0.4, -0.2) is 0 Å². The van der Waals surface area contributed by atoms with Gasteiger partial charge in [-0.25, -0.2) is 0 Å². The molecule has 2 aromatic rings. The Morgan fingerprint density at radius 3 is 1.40 bits per heavy atom. The van der Waals surface area contributed by atoms with E-state index in [-0.39, 0.29) is 37.5 Å². The number of hydrogen-bond donors (Lipinski definition) is 0. The Balaban J connectivity index is 2.77. The summed E-state index contributed by atoms with van der Waals surface area (Å²) < 4.78 is 3.12. The number of rotatable bonds is 2. The molecule has 0 aliphatic heterocycles. The fraction of sp³-hybridized carbons (Fsp3) is 0.500. The average Bonchev–Trinajstić information content (AvgIpc) is 2.45. The van der Waals surface area contributed by atoms with E-state index in [9.17, 15) is 0 Å². The van der Waals surface area contributed by atoms with Crippen molar-refractivity contribution in [2.75, 3.05) is 0 Å². The monoisotopic (exact) mass is 449 g/mol. The molecule has 0 aromatic heterocycles. The molecule has 0 atom stereocenters. The molecule has 0 heterocycles. The minimum atomic E-state index is -0.196. The minimum absolute atomic E-state index is 0.158. The fourth-order valence-corrected chi connectivity index (χ4v) is 6.75. The van der Waals surface area contributed by atoms with Crippen molar-refractivity contribution in [3.8, 4) is 0 Å². The summed E-state index contributed by atoms with van der Waals surface area (Å²) in [4.78, 5) is 0. The van der Waals surface area contributed by atoms with Crippen LogP contribution in [0, 0.1) is 7.14 Å². The summed E-state index contributed by atoms with van der Waals surface area (Å²) in [6.45, 7) is 21.1. The molecule has 0 nitrogen and oxygen atoms in total. The van der Waals surface area contributed by atoms with E-state index in [4.69, 9.17) is 0 Å². The van der Waals surface area contributed by atoms with Gasteiger partial charge in [-0.15, -0.1) is 0 Å². The normalized spacial score (nSPS) is 13.3. The molecule has 0 bridgehead atoms. The van der Waals surface area contributed by atoms with Gasteiger partial charge in [0.15, 0.2) is 0 Å². The van der Waals surface area contributed by atoms with Crippen molar-refractivity contribution >= 4 is 0 Å². The Kier molecular flexibility index (Phi) is 5.78. The van der Waals surface area contributed by atoms with Crippen LogP contribution in [0.2, 0.25) is 0 Å². The van der Waals surface area contributed by atoms with Crippen LogP contribution in [-0.2, 0) is 16.2 Å². The summed E-state index contributed by atoms with van der Waals surface area (Å²) in [7, 11) is 0. The van der Waals surface area contributed by atoms with Crippen LogP contribution >= 0.6 is 0 Å². The van der Waals surface area contributed by atoms with Gasteiger partial charge < -0.3 is 0 Å². The van der Waals surface area contributed by atoms with Crippen molar-refractivity contribution < 1.29 is 21.2 Å². The maximum atomic E-state index is 2.49. The predicted molar refractivity (Wildman–Crippen MR) is 106 cm³/mol. The summed E-state index contributed by atoms with van der Waals surface area (Å²) in [5, 5.41) is 0. The Hall–Kier alpha value is -0.830. The average molecular weight is 449 g/mol. The molecular formula is C24H34I-. The second kappa shape index (κ2) is 7.06. The molecule has 0 saturated heterocycles. The van der Waals surface area contributed by atoms with E-state index in [1.54, 1.807) is 14.7 Å². The SMILES string of the molecule is CC(C)(C)c1cc(C(C)(C)C)c([I-]c2ccccc2)c(C(C)(C)C)c1. The summed E-state index contributed by atoms with van der Waals surface area (Å²) in [5.74, 6) is 0. The van der Waals surface area contributed by atoms with Crippen molar-refractivity contribution in [2.45, 2.75) is 78.6 Å². The second-order valence-electron chi connectivity index (χ2n) is 10.0. The third kappa shape index (κ3) is 5.09. The Bertz CT molecular complexity index is 684. The summed E-state index contributed by atoms with van der Waals surface area (Å²) in [5.41, 5.74) is 5.03. The van der Waals surface area contributed by atoms with E-state index in [0.717, 1.165) is 0 Å².